The molecule has 0 fully saturated rings. The van der Waals surface area contributed by atoms with Gasteiger partial charge in [0.2, 0.25) is 17.8 Å². The van der Waals surface area contributed by atoms with Crippen LogP contribution in [-0.4, -0.2) is 27.4 Å². The average molecular weight is 196 g/mol. The van der Waals surface area contributed by atoms with Gasteiger partial charge in [0, 0.05) is 6.42 Å². The Morgan fingerprint density at radius 3 is 2.71 bits per heavy atom. The fraction of sp³-hybridized carbons (Fsp3) is 0.429. The molecule has 0 saturated heterocycles. The van der Waals surface area contributed by atoms with E-state index in [0.29, 0.717) is 12.2 Å². The maximum absolute atomic E-state index is 10.5. The first kappa shape index (κ1) is 10.2. The Hall–Kier alpha value is -1.92. The number of carbonyl (C=O) groups excluding carboxylic acids is 1. The Labute approximate surface area is 80.9 Å². The van der Waals surface area contributed by atoms with Crippen LogP contribution in [0.4, 0.5) is 11.9 Å². The van der Waals surface area contributed by atoms with Gasteiger partial charge in [-0.15, -0.1) is 0 Å². The van der Waals surface area contributed by atoms with E-state index in [-0.39, 0.29) is 18.4 Å². The molecule has 0 aliphatic rings. The van der Waals surface area contributed by atoms with E-state index in [1.165, 1.54) is 0 Å². The number of primary amides is 1. The van der Waals surface area contributed by atoms with Crippen LogP contribution in [0.3, 0.4) is 0 Å². The molecule has 0 spiro atoms. The van der Waals surface area contributed by atoms with Crippen molar-refractivity contribution < 1.29 is 4.79 Å². The van der Waals surface area contributed by atoms with E-state index in [1.807, 2.05) is 6.92 Å². The topological polar surface area (TPSA) is 120 Å². The number of amides is 1. The number of aromatic nitrogens is 3. The van der Waals surface area contributed by atoms with Crippen molar-refractivity contribution >= 4 is 17.8 Å². The van der Waals surface area contributed by atoms with Gasteiger partial charge in [-0.2, -0.15) is 15.0 Å². The maximum atomic E-state index is 10.5. The summed E-state index contributed by atoms with van der Waals surface area (Å²) in [6.07, 6.45) is 0.651. The largest absolute Gasteiger partial charge is 0.368 e. The van der Waals surface area contributed by atoms with Gasteiger partial charge in [0.1, 0.15) is 5.82 Å². The van der Waals surface area contributed by atoms with Crippen LogP contribution in [0.15, 0.2) is 0 Å². The van der Waals surface area contributed by atoms with Gasteiger partial charge in [-0.25, -0.2) is 0 Å². The number of aryl methyl sites for hydroxylation is 1. The summed E-state index contributed by atoms with van der Waals surface area (Å²) in [7, 11) is 0. The molecular formula is C7H12N6O. The smallest absolute Gasteiger partial charge is 0.236 e. The molecule has 5 N–H and O–H groups in total. The predicted octanol–water partition coefficient (Wildman–Crippen LogP) is -1.09. The molecule has 0 aliphatic heterocycles. The lowest BCUT2D eigenvalue weighted by Gasteiger charge is -2.03. The van der Waals surface area contributed by atoms with Gasteiger partial charge in [0.05, 0.1) is 6.54 Å². The molecule has 14 heavy (non-hydrogen) atoms. The lowest BCUT2D eigenvalue weighted by Crippen LogP contribution is -2.23. The van der Waals surface area contributed by atoms with Crippen molar-refractivity contribution in [3.63, 3.8) is 0 Å². The van der Waals surface area contributed by atoms with Gasteiger partial charge in [0.25, 0.3) is 0 Å². The second-order valence-corrected chi connectivity index (χ2v) is 2.61. The third-order valence-corrected chi connectivity index (χ3v) is 1.44. The highest BCUT2D eigenvalue weighted by Gasteiger charge is 2.02. The quantitative estimate of drug-likeness (QED) is 0.563. The zero-order valence-electron chi connectivity index (χ0n) is 7.82. The van der Waals surface area contributed by atoms with E-state index < -0.39 is 5.91 Å². The highest BCUT2D eigenvalue weighted by Crippen LogP contribution is 2.02. The predicted molar refractivity (Wildman–Crippen MR) is 51.3 cm³/mol. The van der Waals surface area contributed by atoms with Crippen LogP contribution >= 0.6 is 0 Å². The minimum atomic E-state index is -0.484. The summed E-state index contributed by atoms with van der Waals surface area (Å²) in [6, 6.07) is 0. The van der Waals surface area contributed by atoms with Crippen LogP contribution in [-0.2, 0) is 11.2 Å². The van der Waals surface area contributed by atoms with Gasteiger partial charge in [-0.3, -0.25) is 4.79 Å². The zero-order valence-corrected chi connectivity index (χ0v) is 7.82. The molecule has 1 aromatic rings. The molecule has 1 aromatic heterocycles. The normalized spacial score (nSPS) is 9.79. The molecule has 0 atom stereocenters. The number of nitrogens with two attached hydrogens (primary N) is 2. The van der Waals surface area contributed by atoms with Crippen molar-refractivity contribution in [3.05, 3.63) is 5.82 Å². The molecule has 1 heterocycles. The molecule has 7 heteroatoms. The number of nitrogen functional groups attached to an aromatic ring is 1. The van der Waals surface area contributed by atoms with Crippen LogP contribution in [0, 0.1) is 0 Å². The average Bonchev–Trinajstić information content (AvgIpc) is 2.14. The summed E-state index contributed by atoms with van der Waals surface area (Å²) in [4.78, 5) is 22.1. The van der Waals surface area contributed by atoms with Crippen LogP contribution < -0.4 is 16.8 Å². The van der Waals surface area contributed by atoms with Crippen molar-refractivity contribution in [2.45, 2.75) is 13.3 Å². The van der Waals surface area contributed by atoms with Gasteiger partial charge < -0.3 is 16.8 Å². The molecule has 0 unspecified atom stereocenters. The minimum Gasteiger partial charge on any atom is -0.368 e. The van der Waals surface area contributed by atoms with Crippen LogP contribution in [0.1, 0.15) is 12.7 Å². The van der Waals surface area contributed by atoms with E-state index in [9.17, 15) is 4.79 Å². The standard InChI is InChI=1S/C7H12N6O/c1-2-5-11-6(9)13-7(12-5)10-3-4(8)14/h2-3H2,1H3,(H2,8,14)(H3,9,10,11,12,13). The summed E-state index contributed by atoms with van der Waals surface area (Å²) in [5.74, 6) is 0.489. The molecule has 0 bridgehead atoms. The van der Waals surface area contributed by atoms with Crippen molar-refractivity contribution in [3.8, 4) is 0 Å². The van der Waals surface area contributed by atoms with Crippen LogP contribution in [0.5, 0.6) is 0 Å². The number of nitrogens with one attached hydrogen (secondary N) is 1. The lowest BCUT2D eigenvalue weighted by molar-refractivity contribution is -0.116. The summed E-state index contributed by atoms with van der Waals surface area (Å²) >= 11 is 0. The molecule has 0 saturated carbocycles. The second-order valence-electron chi connectivity index (χ2n) is 2.61. The second kappa shape index (κ2) is 4.35. The molecule has 1 rings (SSSR count). The Balaban J connectivity index is 2.76. The Bertz CT molecular complexity index is 339. The highest BCUT2D eigenvalue weighted by molar-refractivity contribution is 5.78. The number of carbonyl (C=O) groups is 1. The molecule has 76 valence electrons. The van der Waals surface area contributed by atoms with E-state index in [4.69, 9.17) is 11.5 Å². The third-order valence-electron chi connectivity index (χ3n) is 1.44. The number of hydrogen-bond acceptors (Lipinski definition) is 6. The molecule has 0 aliphatic carbocycles. The fourth-order valence-electron chi connectivity index (χ4n) is 0.841. The minimum absolute atomic E-state index is 0.0212. The monoisotopic (exact) mass is 196 g/mol. The Morgan fingerprint density at radius 2 is 2.14 bits per heavy atom. The number of rotatable bonds is 4. The molecule has 7 nitrogen and oxygen atoms in total. The molecule has 0 radical (unpaired) electrons. The molecular weight excluding hydrogens is 184 g/mol. The molecule has 1 amide bonds. The SMILES string of the molecule is CCc1nc(N)nc(NCC(N)=O)n1. The van der Waals surface area contributed by atoms with Crippen molar-refractivity contribution in [1.29, 1.82) is 0 Å². The number of hydrogen-bond donors (Lipinski definition) is 3. The van der Waals surface area contributed by atoms with Gasteiger partial charge in [0.15, 0.2) is 0 Å². The van der Waals surface area contributed by atoms with E-state index in [0.717, 1.165) is 0 Å². The van der Waals surface area contributed by atoms with Gasteiger partial charge in [-0.1, -0.05) is 6.92 Å². The first-order valence-electron chi connectivity index (χ1n) is 4.14. The van der Waals surface area contributed by atoms with Crippen molar-refractivity contribution in [2.24, 2.45) is 5.73 Å². The van der Waals surface area contributed by atoms with Crippen molar-refractivity contribution in [1.82, 2.24) is 15.0 Å². The maximum Gasteiger partial charge on any atom is 0.236 e. The first-order chi connectivity index (χ1) is 6.61. The van der Waals surface area contributed by atoms with Crippen LogP contribution in [0.2, 0.25) is 0 Å². The fourth-order valence-corrected chi connectivity index (χ4v) is 0.841. The summed E-state index contributed by atoms with van der Waals surface area (Å²) in [5, 5.41) is 2.64. The van der Waals surface area contributed by atoms with Gasteiger partial charge >= 0.3 is 0 Å². The van der Waals surface area contributed by atoms with Crippen LogP contribution in [0.25, 0.3) is 0 Å². The van der Waals surface area contributed by atoms with Gasteiger partial charge in [-0.05, 0) is 0 Å². The Kier molecular flexibility index (Phi) is 3.16. The zero-order chi connectivity index (χ0) is 10.6. The lowest BCUT2D eigenvalue weighted by atomic mass is 10.4. The van der Waals surface area contributed by atoms with E-state index >= 15 is 0 Å². The Morgan fingerprint density at radius 1 is 1.43 bits per heavy atom. The third kappa shape index (κ3) is 2.85. The molecule has 0 aromatic carbocycles. The summed E-state index contributed by atoms with van der Waals surface area (Å²) in [6.45, 7) is 1.87. The summed E-state index contributed by atoms with van der Waals surface area (Å²) < 4.78 is 0. The van der Waals surface area contributed by atoms with Crippen molar-refractivity contribution in [2.75, 3.05) is 17.6 Å². The number of anilines is 2. The summed E-state index contributed by atoms with van der Waals surface area (Å²) in [5.41, 5.74) is 10.4. The highest BCUT2D eigenvalue weighted by atomic mass is 16.1. The first-order valence-corrected chi connectivity index (χ1v) is 4.14. The number of nitrogens with zero attached hydrogens (tertiary/aromatic N) is 3. The van der Waals surface area contributed by atoms with E-state index in [2.05, 4.69) is 20.3 Å². The van der Waals surface area contributed by atoms with E-state index in [1.54, 1.807) is 0 Å².